The Morgan fingerprint density at radius 1 is 1.12 bits per heavy atom. The number of halogens is 5. The molecule has 0 aromatic carbocycles. The van der Waals surface area contributed by atoms with Crippen LogP contribution in [0.1, 0.15) is 90.8 Å². The molecular weight excluding hydrogens is 539 g/mol. The molecule has 0 bridgehead atoms. The molecule has 2 N–H and O–H groups in total. The van der Waals surface area contributed by atoms with Crippen molar-refractivity contribution < 1.29 is 36.1 Å². The van der Waals surface area contributed by atoms with E-state index in [1.807, 2.05) is 0 Å². The second-order valence-corrected chi connectivity index (χ2v) is 10.7. The zero-order chi connectivity index (χ0) is 28.7. The number of aromatic nitrogens is 4. The van der Waals surface area contributed by atoms with Crippen LogP contribution in [0.3, 0.4) is 0 Å². The Bertz CT molecular complexity index is 1370. The standard InChI is InChI=1S/C26H29F5N6O3/c1-14-18(13-40-36-14)24(39)35-23(16-4-7-25(27,28)8-5-16)19-12-37-20(33-19)10-17(11-32-37)22(15-2-3-15)34-21(38)6-9-26(29,30)31/h10-13,15-16,22-23H,2-9H2,1H3,(H,34,38)(H,35,39)/t22?,23-/m0/s1. The van der Waals surface area contributed by atoms with Gasteiger partial charge in [0.1, 0.15) is 11.8 Å². The molecule has 2 aliphatic rings. The highest BCUT2D eigenvalue weighted by molar-refractivity contribution is 5.95. The average Bonchev–Trinajstić information content (AvgIpc) is 3.49. The highest BCUT2D eigenvalue weighted by atomic mass is 19.4. The van der Waals surface area contributed by atoms with Crippen LogP contribution in [0.5, 0.6) is 0 Å². The van der Waals surface area contributed by atoms with E-state index in [2.05, 4.69) is 25.9 Å². The van der Waals surface area contributed by atoms with Gasteiger partial charge < -0.3 is 15.2 Å². The fourth-order valence-corrected chi connectivity index (χ4v) is 5.19. The van der Waals surface area contributed by atoms with Crippen molar-refractivity contribution in [1.82, 2.24) is 30.4 Å². The van der Waals surface area contributed by atoms with Crippen LogP contribution in [0.4, 0.5) is 22.0 Å². The van der Waals surface area contributed by atoms with E-state index >= 15 is 0 Å². The summed E-state index contributed by atoms with van der Waals surface area (Å²) in [5, 5.41) is 13.7. The molecule has 0 radical (unpaired) electrons. The minimum atomic E-state index is -4.42. The molecule has 0 spiro atoms. The van der Waals surface area contributed by atoms with Gasteiger partial charge in [0.25, 0.3) is 5.91 Å². The lowest BCUT2D eigenvalue weighted by atomic mass is 9.81. The summed E-state index contributed by atoms with van der Waals surface area (Å²) in [5.74, 6) is -4.15. The molecule has 14 heteroatoms. The number of carbonyl (C=O) groups excluding carboxylic acids is 2. The first-order valence-electron chi connectivity index (χ1n) is 13.2. The third-order valence-corrected chi connectivity index (χ3v) is 7.60. The number of rotatable bonds is 9. The maximum atomic E-state index is 13.9. The fourth-order valence-electron chi connectivity index (χ4n) is 5.19. The van der Waals surface area contributed by atoms with Crippen LogP contribution in [-0.2, 0) is 4.79 Å². The molecule has 2 fully saturated rings. The van der Waals surface area contributed by atoms with Crippen molar-refractivity contribution in [2.24, 2.45) is 11.8 Å². The van der Waals surface area contributed by atoms with Gasteiger partial charge in [-0.3, -0.25) is 9.59 Å². The Morgan fingerprint density at radius 2 is 1.82 bits per heavy atom. The number of nitrogens with zero attached hydrogens (tertiary/aromatic N) is 4. The maximum absolute atomic E-state index is 13.9. The highest BCUT2D eigenvalue weighted by Crippen LogP contribution is 2.43. The molecule has 2 saturated carbocycles. The number of amides is 2. The van der Waals surface area contributed by atoms with Gasteiger partial charge in [0.05, 0.1) is 42.3 Å². The van der Waals surface area contributed by atoms with Crippen LogP contribution in [0, 0.1) is 18.8 Å². The van der Waals surface area contributed by atoms with E-state index in [4.69, 9.17) is 4.52 Å². The summed E-state index contributed by atoms with van der Waals surface area (Å²) in [4.78, 5) is 29.9. The first-order chi connectivity index (χ1) is 18.9. The lowest BCUT2D eigenvalue weighted by Crippen LogP contribution is -2.37. The second-order valence-electron chi connectivity index (χ2n) is 10.7. The lowest BCUT2D eigenvalue weighted by Gasteiger charge is -2.33. The van der Waals surface area contributed by atoms with Gasteiger partial charge in [0.15, 0.2) is 5.65 Å². The Labute approximate surface area is 225 Å². The van der Waals surface area contributed by atoms with Crippen molar-refractivity contribution in [3.05, 3.63) is 47.2 Å². The van der Waals surface area contributed by atoms with E-state index in [0.29, 0.717) is 22.6 Å². The Kier molecular flexibility index (Phi) is 7.53. The predicted octanol–water partition coefficient (Wildman–Crippen LogP) is 5.23. The van der Waals surface area contributed by atoms with Crippen LogP contribution in [0.25, 0.3) is 5.65 Å². The lowest BCUT2D eigenvalue weighted by molar-refractivity contribution is -0.144. The van der Waals surface area contributed by atoms with Gasteiger partial charge in [0.2, 0.25) is 11.8 Å². The molecule has 3 aromatic rings. The third kappa shape index (κ3) is 6.58. The fraction of sp³-hybridized carbons (Fsp3) is 0.577. The van der Waals surface area contributed by atoms with Crippen molar-refractivity contribution in [2.45, 2.75) is 82.5 Å². The minimum absolute atomic E-state index is 0.0799. The molecule has 3 aromatic heterocycles. The number of aryl methyl sites for hydroxylation is 1. The van der Waals surface area contributed by atoms with E-state index in [9.17, 15) is 31.5 Å². The number of hydrogen-bond acceptors (Lipinski definition) is 6. The summed E-state index contributed by atoms with van der Waals surface area (Å²) in [6, 6.07) is 0.497. The Hall–Kier alpha value is -3.58. The molecule has 2 atom stereocenters. The molecule has 3 heterocycles. The van der Waals surface area contributed by atoms with Crippen molar-refractivity contribution in [3.8, 4) is 0 Å². The van der Waals surface area contributed by atoms with Gasteiger partial charge in [-0.2, -0.15) is 18.3 Å². The van der Waals surface area contributed by atoms with Crippen molar-refractivity contribution >= 4 is 17.5 Å². The van der Waals surface area contributed by atoms with Crippen LogP contribution < -0.4 is 10.6 Å². The quantitative estimate of drug-likeness (QED) is 0.342. The summed E-state index contributed by atoms with van der Waals surface area (Å²) >= 11 is 0. The minimum Gasteiger partial charge on any atom is -0.364 e. The van der Waals surface area contributed by atoms with Crippen LogP contribution in [0.2, 0.25) is 0 Å². The Balaban J connectivity index is 1.39. The smallest absolute Gasteiger partial charge is 0.364 e. The summed E-state index contributed by atoms with van der Waals surface area (Å²) in [5.41, 5.74) is 2.04. The number of nitrogens with one attached hydrogen (secondary N) is 2. The maximum Gasteiger partial charge on any atom is 0.389 e. The van der Waals surface area contributed by atoms with E-state index < -0.39 is 48.8 Å². The molecule has 5 rings (SSSR count). The zero-order valence-electron chi connectivity index (χ0n) is 21.7. The molecule has 0 aliphatic heterocycles. The third-order valence-electron chi connectivity index (χ3n) is 7.60. The summed E-state index contributed by atoms with van der Waals surface area (Å²) in [7, 11) is 0. The van der Waals surface area contributed by atoms with E-state index in [0.717, 1.165) is 12.8 Å². The van der Waals surface area contributed by atoms with Gasteiger partial charge in [-0.25, -0.2) is 18.3 Å². The van der Waals surface area contributed by atoms with E-state index in [-0.39, 0.29) is 43.1 Å². The topological polar surface area (TPSA) is 114 Å². The van der Waals surface area contributed by atoms with Gasteiger partial charge >= 0.3 is 6.18 Å². The number of fused-ring (bicyclic) bond motifs is 1. The molecule has 0 saturated heterocycles. The molecule has 1 unspecified atom stereocenters. The summed E-state index contributed by atoms with van der Waals surface area (Å²) < 4.78 is 71.9. The van der Waals surface area contributed by atoms with Crippen LogP contribution in [-0.4, -0.2) is 43.7 Å². The molecule has 216 valence electrons. The molecular formula is C26H29F5N6O3. The number of hydrogen-bond donors (Lipinski definition) is 2. The molecule has 2 aliphatic carbocycles. The van der Waals surface area contributed by atoms with Crippen molar-refractivity contribution in [2.75, 3.05) is 0 Å². The van der Waals surface area contributed by atoms with Gasteiger partial charge in [-0.1, -0.05) is 5.16 Å². The van der Waals surface area contributed by atoms with Crippen LogP contribution in [0.15, 0.2) is 29.2 Å². The zero-order valence-corrected chi connectivity index (χ0v) is 21.7. The predicted molar refractivity (Wildman–Crippen MR) is 130 cm³/mol. The van der Waals surface area contributed by atoms with E-state index in [1.54, 1.807) is 19.2 Å². The number of imidazole rings is 1. The van der Waals surface area contributed by atoms with Crippen LogP contribution >= 0.6 is 0 Å². The molecule has 9 nitrogen and oxygen atoms in total. The summed E-state index contributed by atoms with van der Waals surface area (Å²) in [6.07, 6.45) is -0.535. The number of alkyl halides is 5. The highest BCUT2D eigenvalue weighted by Gasteiger charge is 2.40. The first-order valence-corrected chi connectivity index (χ1v) is 13.2. The van der Waals surface area contributed by atoms with Crippen molar-refractivity contribution in [3.63, 3.8) is 0 Å². The average molecular weight is 569 g/mol. The molecule has 40 heavy (non-hydrogen) atoms. The monoisotopic (exact) mass is 568 g/mol. The number of carbonyl (C=O) groups is 2. The first kappa shape index (κ1) is 28.0. The van der Waals surface area contributed by atoms with Gasteiger partial charge in [-0.05, 0) is 56.1 Å². The van der Waals surface area contributed by atoms with Gasteiger partial charge in [-0.15, -0.1) is 0 Å². The summed E-state index contributed by atoms with van der Waals surface area (Å²) in [6.45, 7) is 1.61. The second kappa shape index (κ2) is 10.8. The normalized spacial score (nSPS) is 19.4. The Morgan fingerprint density at radius 3 is 2.45 bits per heavy atom. The molecule has 2 amide bonds. The van der Waals surface area contributed by atoms with E-state index in [1.165, 1.54) is 17.0 Å². The van der Waals surface area contributed by atoms with Crippen molar-refractivity contribution in [1.29, 1.82) is 0 Å². The SMILES string of the molecule is Cc1nocc1C(=O)N[C@H](c1cn2ncc(C(NC(=O)CCC(F)(F)F)C3CC3)cc2n1)C1CCC(F)(F)CC1. The largest absolute Gasteiger partial charge is 0.389 e. The van der Waals surface area contributed by atoms with Gasteiger partial charge in [0, 0.05) is 19.3 Å².